The first kappa shape index (κ1) is 16.5. The van der Waals surface area contributed by atoms with Gasteiger partial charge in [-0.1, -0.05) is 12.1 Å². The SMILES string of the molecule is CCOCCCNC(=O)[C@H](C)Oc1cc(C)ccc1C. The fraction of sp³-hybridized carbons (Fsp3) is 0.562. The zero-order valence-electron chi connectivity index (χ0n) is 12.9. The van der Waals surface area contributed by atoms with Crippen LogP contribution in [0.2, 0.25) is 0 Å². The van der Waals surface area contributed by atoms with E-state index >= 15 is 0 Å². The molecule has 4 heteroatoms. The van der Waals surface area contributed by atoms with Gasteiger partial charge in [0, 0.05) is 19.8 Å². The third-order valence-corrected chi connectivity index (χ3v) is 2.99. The van der Waals surface area contributed by atoms with Crippen LogP contribution in [0.1, 0.15) is 31.4 Å². The molecule has 1 rings (SSSR count). The predicted molar refractivity (Wildman–Crippen MR) is 80.1 cm³/mol. The molecule has 112 valence electrons. The fourth-order valence-corrected chi connectivity index (χ4v) is 1.75. The molecule has 0 aliphatic heterocycles. The zero-order chi connectivity index (χ0) is 15.0. The van der Waals surface area contributed by atoms with E-state index in [0.29, 0.717) is 19.8 Å². The van der Waals surface area contributed by atoms with Crippen molar-refractivity contribution in [2.24, 2.45) is 0 Å². The van der Waals surface area contributed by atoms with Crippen molar-refractivity contribution >= 4 is 5.91 Å². The Hall–Kier alpha value is -1.55. The van der Waals surface area contributed by atoms with Crippen molar-refractivity contribution in [3.8, 4) is 5.75 Å². The molecule has 0 saturated carbocycles. The van der Waals surface area contributed by atoms with E-state index in [1.165, 1.54) is 0 Å². The minimum atomic E-state index is -0.498. The summed E-state index contributed by atoms with van der Waals surface area (Å²) in [6, 6.07) is 5.98. The van der Waals surface area contributed by atoms with Crippen molar-refractivity contribution in [2.45, 2.75) is 40.2 Å². The van der Waals surface area contributed by atoms with Crippen molar-refractivity contribution in [3.63, 3.8) is 0 Å². The molecule has 1 atom stereocenters. The van der Waals surface area contributed by atoms with Gasteiger partial charge in [-0.15, -0.1) is 0 Å². The van der Waals surface area contributed by atoms with Crippen LogP contribution in [-0.2, 0) is 9.53 Å². The summed E-state index contributed by atoms with van der Waals surface area (Å²) >= 11 is 0. The van der Waals surface area contributed by atoms with Gasteiger partial charge in [0.05, 0.1) is 0 Å². The minimum absolute atomic E-state index is 0.0950. The Labute approximate surface area is 121 Å². The lowest BCUT2D eigenvalue weighted by Crippen LogP contribution is -2.37. The molecule has 0 aliphatic rings. The summed E-state index contributed by atoms with van der Waals surface area (Å²) < 4.78 is 10.9. The van der Waals surface area contributed by atoms with Gasteiger partial charge < -0.3 is 14.8 Å². The van der Waals surface area contributed by atoms with Crippen molar-refractivity contribution in [3.05, 3.63) is 29.3 Å². The molecule has 1 amide bonds. The minimum Gasteiger partial charge on any atom is -0.481 e. The lowest BCUT2D eigenvalue weighted by molar-refractivity contribution is -0.127. The molecule has 20 heavy (non-hydrogen) atoms. The third kappa shape index (κ3) is 5.61. The van der Waals surface area contributed by atoms with E-state index in [2.05, 4.69) is 5.32 Å². The van der Waals surface area contributed by atoms with E-state index in [0.717, 1.165) is 23.3 Å². The van der Waals surface area contributed by atoms with Crippen LogP contribution in [-0.4, -0.2) is 31.8 Å². The van der Waals surface area contributed by atoms with Crippen LogP contribution in [0, 0.1) is 13.8 Å². The maximum atomic E-state index is 11.9. The highest BCUT2D eigenvalue weighted by atomic mass is 16.5. The summed E-state index contributed by atoms with van der Waals surface area (Å²) in [5.74, 6) is 0.671. The average molecular weight is 279 g/mol. The van der Waals surface area contributed by atoms with Crippen LogP contribution in [0.4, 0.5) is 0 Å². The van der Waals surface area contributed by atoms with Crippen LogP contribution in [0.3, 0.4) is 0 Å². The highest BCUT2D eigenvalue weighted by Crippen LogP contribution is 2.20. The van der Waals surface area contributed by atoms with Gasteiger partial charge in [0.25, 0.3) is 5.91 Å². The number of nitrogens with one attached hydrogen (secondary N) is 1. The first-order valence-corrected chi connectivity index (χ1v) is 7.14. The van der Waals surface area contributed by atoms with Gasteiger partial charge in [0.15, 0.2) is 6.10 Å². The zero-order valence-corrected chi connectivity index (χ0v) is 12.9. The van der Waals surface area contributed by atoms with Crippen LogP contribution in [0.25, 0.3) is 0 Å². The summed E-state index contributed by atoms with van der Waals surface area (Å²) in [6.07, 6.45) is 0.318. The Morgan fingerprint density at radius 1 is 1.35 bits per heavy atom. The van der Waals surface area contributed by atoms with Gasteiger partial charge in [0.1, 0.15) is 5.75 Å². The number of ether oxygens (including phenoxy) is 2. The quantitative estimate of drug-likeness (QED) is 0.744. The maximum absolute atomic E-state index is 11.9. The largest absolute Gasteiger partial charge is 0.481 e. The maximum Gasteiger partial charge on any atom is 0.260 e. The molecule has 0 bridgehead atoms. The second-order valence-corrected chi connectivity index (χ2v) is 4.87. The molecule has 4 nitrogen and oxygen atoms in total. The van der Waals surface area contributed by atoms with E-state index in [9.17, 15) is 4.79 Å². The molecule has 1 aromatic carbocycles. The Kier molecular flexibility index (Phi) is 7.09. The van der Waals surface area contributed by atoms with Gasteiger partial charge in [-0.05, 0) is 51.3 Å². The molecule has 0 unspecified atom stereocenters. The second kappa shape index (κ2) is 8.59. The highest BCUT2D eigenvalue weighted by molar-refractivity contribution is 5.80. The third-order valence-electron chi connectivity index (χ3n) is 2.99. The Morgan fingerprint density at radius 2 is 2.10 bits per heavy atom. The summed E-state index contributed by atoms with van der Waals surface area (Å²) in [4.78, 5) is 11.9. The van der Waals surface area contributed by atoms with Gasteiger partial charge in [-0.2, -0.15) is 0 Å². The smallest absolute Gasteiger partial charge is 0.260 e. The molecule has 0 fully saturated rings. The molecule has 0 heterocycles. The second-order valence-electron chi connectivity index (χ2n) is 4.87. The van der Waals surface area contributed by atoms with E-state index in [1.807, 2.05) is 39.0 Å². The van der Waals surface area contributed by atoms with Gasteiger partial charge in [-0.3, -0.25) is 4.79 Å². The molecular formula is C16H25NO3. The van der Waals surface area contributed by atoms with E-state index < -0.39 is 6.10 Å². The topological polar surface area (TPSA) is 47.6 Å². The molecular weight excluding hydrogens is 254 g/mol. The lowest BCUT2D eigenvalue weighted by Gasteiger charge is -2.16. The van der Waals surface area contributed by atoms with Gasteiger partial charge in [-0.25, -0.2) is 0 Å². The number of hydrogen-bond donors (Lipinski definition) is 1. The lowest BCUT2D eigenvalue weighted by atomic mass is 10.1. The van der Waals surface area contributed by atoms with Gasteiger partial charge >= 0.3 is 0 Å². The Bertz CT molecular complexity index is 432. The highest BCUT2D eigenvalue weighted by Gasteiger charge is 2.15. The standard InChI is InChI=1S/C16H25NO3/c1-5-19-10-6-9-17-16(18)14(4)20-15-11-12(2)7-8-13(15)3/h7-8,11,14H,5-6,9-10H2,1-4H3,(H,17,18)/t14-/m0/s1. The van der Waals surface area contributed by atoms with E-state index in [-0.39, 0.29) is 5.91 Å². The Balaban J connectivity index is 2.39. The number of amides is 1. The monoisotopic (exact) mass is 279 g/mol. The molecule has 0 spiro atoms. The van der Waals surface area contributed by atoms with Crippen LogP contribution < -0.4 is 10.1 Å². The molecule has 0 radical (unpaired) electrons. The number of benzene rings is 1. The molecule has 0 aliphatic carbocycles. The molecule has 1 N–H and O–H groups in total. The summed E-state index contributed by atoms with van der Waals surface area (Å²) in [5.41, 5.74) is 2.15. The first-order chi connectivity index (χ1) is 9.54. The number of carbonyl (C=O) groups is 1. The van der Waals surface area contributed by atoms with E-state index in [1.54, 1.807) is 6.92 Å². The van der Waals surface area contributed by atoms with Crippen molar-refractivity contribution in [1.29, 1.82) is 0 Å². The summed E-state index contributed by atoms with van der Waals surface area (Å²) in [6.45, 7) is 9.69. The van der Waals surface area contributed by atoms with Crippen LogP contribution in [0.15, 0.2) is 18.2 Å². The molecule has 1 aromatic rings. The molecule has 0 aromatic heterocycles. The number of aryl methyl sites for hydroxylation is 2. The Morgan fingerprint density at radius 3 is 2.80 bits per heavy atom. The van der Waals surface area contributed by atoms with Crippen LogP contribution in [0.5, 0.6) is 5.75 Å². The number of carbonyl (C=O) groups excluding carboxylic acids is 1. The summed E-state index contributed by atoms with van der Waals surface area (Å²) in [7, 11) is 0. The number of rotatable bonds is 8. The van der Waals surface area contributed by atoms with Crippen LogP contribution >= 0.6 is 0 Å². The summed E-state index contributed by atoms with van der Waals surface area (Å²) in [5, 5.41) is 2.85. The van der Waals surface area contributed by atoms with Crippen molar-refractivity contribution < 1.29 is 14.3 Å². The number of hydrogen-bond acceptors (Lipinski definition) is 3. The first-order valence-electron chi connectivity index (χ1n) is 7.14. The van der Waals surface area contributed by atoms with Gasteiger partial charge in [0.2, 0.25) is 0 Å². The normalized spacial score (nSPS) is 12.0. The fourth-order valence-electron chi connectivity index (χ4n) is 1.75. The predicted octanol–water partition coefficient (Wildman–Crippen LogP) is 2.61. The van der Waals surface area contributed by atoms with E-state index in [4.69, 9.17) is 9.47 Å². The van der Waals surface area contributed by atoms with Crippen molar-refractivity contribution in [2.75, 3.05) is 19.8 Å². The van der Waals surface area contributed by atoms with Crippen molar-refractivity contribution in [1.82, 2.24) is 5.32 Å². The average Bonchev–Trinajstić information content (AvgIpc) is 2.42. The molecule has 0 saturated heterocycles.